The lowest BCUT2D eigenvalue weighted by atomic mass is 10.0. The fourth-order valence-corrected chi connectivity index (χ4v) is 4.00. The van der Waals surface area contributed by atoms with Crippen molar-refractivity contribution < 1.29 is 9.53 Å². The molecule has 6 heteroatoms. The minimum atomic E-state index is 0.0992. The number of hydrogen-bond acceptors (Lipinski definition) is 4. The largest absolute Gasteiger partial charge is 0.492 e. The van der Waals surface area contributed by atoms with Crippen LogP contribution in [0.1, 0.15) is 28.8 Å². The Morgan fingerprint density at radius 1 is 1.12 bits per heavy atom. The number of ether oxygens (including phenoxy) is 1. The van der Waals surface area contributed by atoms with Gasteiger partial charge in [0, 0.05) is 60.8 Å². The van der Waals surface area contributed by atoms with Crippen LogP contribution < -0.4 is 4.74 Å². The van der Waals surface area contributed by atoms with Crippen molar-refractivity contribution >= 4 is 17.5 Å². The van der Waals surface area contributed by atoms with Gasteiger partial charge >= 0.3 is 0 Å². The molecule has 0 atom stereocenters. The predicted molar refractivity (Wildman–Crippen MR) is 101 cm³/mol. The number of amides is 1. The van der Waals surface area contributed by atoms with Crippen molar-refractivity contribution in [1.29, 1.82) is 0 Å². The average Bonchev–Trinajstić information content (AvgIpc) is 2.90. The molecule has 0 bridgehead atoms. The van der Waals surface area contributed by atoms with Crippen molar-refractivity contribution in [3.63, 3.8) is 0 Å². The second kappa shape index (κ2) is 7.64. The number of carbonyl (C=O) groups excluding carboxylic acids is 1. The van der Waals surface area contributed by atoms with Crippen molar-refractivity contribution in [1.82, 2.24) is 14.8 Å². The minimum Gasteiger partial charge on any atom is -0.492 e. The van der Waals surface area contributed by atoms with Crippen molar-refractivity contribution in [2.45, 2.75) is 25.4 Å². The van der Waals surface area contributed by atoms with Gasteiger partial charge in [-0.3, -0.25) is 14.7 Å². The summed E-state index contributed by atoms with van der Waals surface area (Å²) in [5.74, 6) is 1.03. The summed E-state index contributed by atoms with van der Waals surface area (Å²) in [7, 11) is 0. The Balaban J connectivity index is 1.39. The van der Waals surface area contributed by atoms with Crippen molar-refractivity contribution in [3.05, 3.63) is 58.9 Å². The number of benzene rings is 1. The van der Waals surface area contributed by atoms with E-state index >= 15 is 0 Å². The molecular formula is C20H22ClN3O2. The Kier molecular flexibility index (Phi) is 5.09. The Labute approximate surface area is 158 Å². The average molecular weight is 372 g/mol. The highest BCUT2D eigenvalue weighted by Crippen LogP contribution is 2.29. The molecule has 2 aliphatic heterocycles. The van der Waals surface area contributed by atoms with E-state index in [4.69, 9.17) is 16.3 Å². The Morgan fingerprint density at radius 2 is 1.88 bits per heavy atom. The van der Waals surface area contributed by atoms with Gasteiger partial charge < -0.3 is 9.64 Å². The van der Waals surface area contributed by atoms with Gasteiger partial charge in [0.15, 0.2) is 0 Å². The number of rotatable bonds is 2. The second-order valence-electron chi connectivity index (χ2n) is 6.83. The normalized spacial score (nSPS) is 18.7. The van der Waals surface area contributed by atoms with Crippen molar-refractivity contribution in [3.8, 4) is 5.75 Å². The third-order valence-corrected chi connectivity index (χ3v) is 5.46. The molecule has 136 valence electrons. The van der Waals surface area contributed by atoms with Crippen LogP contribution in [0, 0.1) is 0 Å². The van der Waals surface area contributed by atoms with E-state index < -0.39 is 0 Å². The van der Waals surface area contributed by atoms with Crippen LogP contribution in [0.4, 0.5) is 0 Å². The molecule has 1 aromatic carbocycles. The molecule has 0 radical (unpaired) electrons. The zero-order valence-corrected chi connectivity index (χ0v) is 15.4. The summed E-state index contributed by atoms with van der Waals surface area (Å²) in [5.41, 5.74) is 1.86. The van der Waals surface area contributed by atoms with Crippen LogP contribution in [0.15, 0.2) is 42.7 Å². The summed E-state index contributed by atoms with van der Waals surface area (Å²) in [6.07, 6.45) is 5.29. The summed E-state index contributed by atoms with van der Waals surface area (Å²) < 4.78 is 5.87. The number of hydrogen-bond donors (Lipinski definition) is 0. The second-order valence-corrected chi connectivity index (χ2v) is 7.27. The lowest BCUT2D eigenvalue weighted by Crippen LogP contribution is -2.47. The van der Waals surface area contributed by atoms with E-state index in [0.29, 0.717) is 18.2 Å². The van der Waals surface area contributed by atoms with Crippen LogP contribution in [0.5, 0.6) is 5.75 Å². The zero-order valence-electron chi connectivity index (χ0n) is 14.6. The molecule has 1 aromatic heterocycles. The molecule has 1 fully saturated rings. The van der Waals surface area contributed by atoms with Gasteiger partial charge in [0.05, 0.1) is 0 Å². The van der Waals surface area contributed by atoms with Gasteiger partial charge in [-0.15, -0.1) is 0 Å². The van der Waals surface area contributed by atoms with Crippen molar-refractivity contribution in [2.75, 3.05) is 26.2 Å². The van der Waals surface area contributed by atoms with E-state index in [2.05, 4.69) is 9.88 Å². The molecule has 4 rings (SSSR count). The Hall–Kier alpha value is -2.11. The number of nitrogens with zero attached hydrogens (tertiary/aromatic N) is 3. The molecule has 0 aliphatic carbocycles. The van der Waals surface area contributed by atoms with E-state index in [0.717, 1.165) is 55.4 Å². The molecule has 2 aliphatic rings. The standard InChI is InChI=1S/C20H22ClN3O2/c21-17-1-2-19-16(13-17)14-24(11-12-26-19)18-5-9-23(10-6-18)20(25)15-3-7-22-8-4-15/h1-4,7-8,13,18H,5-6,9-12,14H2. The molecular weight excluding hydrogens is 350 g/mol. The first-order valence-electron chi connectivity index (χ1n) is 9.05. The number of likely N-dealkylation sites (tertiary alicyclic amines) is 1. The number of carbonyl (C=O) groups is 1. The summed E-state index contributed by atoms with van der Waals surface area (Å²) >= 11 is 6.15. The molecule has 2 aromatic rings. The van der Waals surface area contributed by atoms with E-state index in [1.165, 1.54) is 0 Å². The lowest BCUT2D eigenvalue weighted by Gasteiger charge is -2.38. The van der Waals surface area contributed by atoms with Crippen LogP contribution in [-0.2, 0) is 6.54 Å². The monoisotopic (exact) mass is 371 g/mol. The fourth-order valence-electron chi connectivity index (χ4n) is 3.81. The Morgan fingerprint density at radius 3 is 2.65 bits per heavy atom. The smallest absolute Gasteiger partial charge is 0.253 e. The maximum atomic E-state index is 12.6. The van der Waals surface area contributed by atoms with E-state index in [9.17, 15) is 4.79 Å². The van der Waals surface area contributed by atoms with Gasteiger partial charge in [-0.1, -0.05) is 11.6 Å². The molecule has 0 saturated carbocycles. The minimum absolute atomic E-state index is 0.0992. The van der Waals surface area contributed by atoms with E-state index in [1.807, 2.05) is 23.1 Å². The highest BCUT2D eigenvalue weighted by atomic mass is 35.5. The first kappa shape index (κ1) is 17.3. The lowest BCUT2D eigenvalue weighted by molar-refractivity contribution is 0.0599. The molecule has 5 nitrogen and oxygen atoms in total. The van der Waals surface area contributed by atoms with Crippen LogP contribution in [-0.4, -0.2) is 53.0 Å². The van der Waals surface area contributed by atoms with E-state index in [1.54, 1.807) is 24.5 Å². The first-order valence-corrected chi connectivity index (χ1v) is 9.43. The number of pyridine rings is 1. The van der Waals surface area contributed by atoms with Crippen LogP contribution >= 0.6 is 11.6 Å². The SMILES string of the molecule is O=C(c1ccncc1)N1CCC(N2CCOc3ccc(Cl)cc3C2)CC1. The third kappa shape index (κ3) is 3.69. The maximum Gasteiger partial charge on any atom is 0.253 e. The summed E-state index contributed by atoms with van der Waals surface area (Å²) in [6.45, 7) is 4.00. The predicted octanol–water partition coefficient (Wildman–Crippen LogP) is 3.23. The van der Waals surface area contributed by atoms with Gasteiger partial charge in [0.2, 0.25) is 0 Å². The van der Waals surface area contributed by atoms with Gasteiger partial charge in [0.1, 0.15) is 12.4 Å². The zero-order chi connectivity index (χ0) is 17.9. The summed E-state index contributed by atoms with van der Waals surface area (Å²) in [4.78, 5) is 21.0. The van der Waals surface area contributed by atoms with E-state index in [-0.39, 0.29) is 5.91 Å². The van der Waals surface area contributed by atoms with Crippen LogP contribution in [0.2, 0.25) is 5.02 Å². The molecule has 0 unspecified atom stereocenters. The Bertz CT molecular complexity index is 776. The maximum absolute atomic E-state index is 12.6. The third-order valence-electron chi connectivity index (χ3n) is 5.23. The molecule has 26 heavy (non-hydrogen) atoms. The highest BCUT2D eigenvalue weighted by Gasteiger charge is 2.29. The number of halogens is 1. The first-order chi connectivity index (χ1) is 12.7. The number of piperidine rings is 1. The summed E-state index contributed by atoms with van der Waals surface area (Å²) in [5, 5.41) is 0.743. The molecule has 3 heterocycles. The molecule has 0 N–H and O–H groups in total. The van der Waals surface area contributed by atoms with Gasteiger partial charge in [-0.25, -0.2) is 0 Å². The quantitative estimate of drug-likeness (QED) is 0.813. The molecule has 0 spiro atoms. The van der Waals surface area contributed by atoms with Gasteiger partial charge in [-0.2, -0.15) is 0 Å². The van der Waals surface area contributed by atoms with Crippen molar-refractivity contribution in [2.24, 2.45) is 0 Å². The topological polar surface area (TPSA) is 45.7 Å². The van der Waals surface area contributed by atoms with Crippen LogP contribution in [0.3, 0.4) is 0 Å². The number of fused-ring (bicyclic) bond motifs is 1. The fraction of sp³-hybridized carbons (Fsp3) is 0.400. The van der Waals surface area contributed by atoms with Crippen LogP contribution in [0.25, 0.3) is 0 Å². The highest BCUT2D eigenvalue weighted by molar-refractivity contribution is 6.30. The molecule has 1 amide bonds. The number of aromatic nitrogens is 1. The van der Waals surface area contributed by atoms with Gasteiger partial charge in [-0.05, 0) is 43.2 Å². The molecule has 1 saturated heterocycles. The summed E-state index contributed by atoms with van der Waals surface area (Å²) in [6, 6.07) is 9.85. The van der Waals surface area contributed by atoms with Gasteiger partial charge in [0.25, 0.3) is 5.91 Å².